The van der Waals surface area contributed by atoms with E-state index in [4.69, 9.17) is 5.11 Å². The quantitative estimate of drug-likeness (QED) is 0.794. The highest BCUT2D eigenvalue weighted by atomic mass is 16.3. The fourth-order valence-electron chi connectivity index (χ4n) is 1.76. The standard InChI is InChI=1S/C13H22N2O/c1-13(14-2,9-10-16)11-5-7-12(8-6-11)15(3)4/h5-8,14,16H,9-10H2,1-4H3. The molecule has 0 aliphatic heterocycles. The first-order valence-electron chi connectivity index (χ1n) is 5.61. The fourth-order valence-corrected chi connectivity index (χ4v) is 1.76. The molecule has 0 amide bonds. The Balaban J connectivity index is 2.94. The van der Waals surface area contributed by atoms with Crippen LogP contribution < -0.4 is 10.2 Å². The maximum atomic E-state index is 9.09. The molecule has 0 heterocycles. The fraction of sp³-hybridized carbons (Fsp3) is 0.538. The van der Waals surface area contributed by atoms with E-state index in [1.54, 1.807) is 0 Å². The van der Waals surface area contributed by atoms with E-state index in [1.165, 1.54) is 11.3 Å². The van der Waals surface area contributed by atoms with Gasteiger partial charge in [-0.3, -0.25) is 0 Å². The highest BCUT2D eigenvalue weighted by molar-refractivity contribution is 5.47. The maximum Gasteiger partial charge on any atom is 0.0451 e. The maximum absolute atomic E-state index is 9.09. The molecule has 0 bridgehead atoms. The lowest BCUT2D eigenvalue weighted by Gasteiger charge is -2.29. The average Bonchev–Trinajstić information content (AvgIpc) is 2.29. The van der Waals surface area contributed by atoms with Crippen molar-refractivity contribution in [3.63, 3.8) is 0 Å². The van der Waals surface area contributed by atoms with Gasteiger partial charge >= 0.3 is 0 Å². The van der Waals surface area contributed by atoms with E-state index >= 15 is 0 Å². The average molecular weight is 222 g/mol. The number of aliphatic hydroxyl groups is 1. The van der Waals surface area contributed by atoms with Crippen molar-refractivity contribution < 1.29 is 5.11 Å². The van der Waals surface area contributed by atoms with Crippen LogP contribution >= 0.6 is 0 Å². The van der Waals surface area contributed by atoms with Crippen LogP contribution in [0.3, 0.4) is 0 Å². The van der Waals surface area contributed by atoms with Crippen molar-refractivity contribution in [1.29, 1.82) is 0 Å². The van der Waals surface area contributed by atoms with Gasteiger partial charge in [0.05, 0.1) is 0 Å². The first-order valence-corrected chi connectivity index (χ1v) is 5.61. The lowest BCUT2D eigenvalue weighted by atomic mass is 9.89. The minimum atomic E-state index is -0.153. The summed E-state index contributed by atoms with van der Waals surface area (Å²) in [5.41, 5.74) is 2.24. The van der Waals surface area contributed by atoms with Crippen LogP contribution in [0.5, 0.6) is 0 Å². The first-order chi connectivity index (χ1) is 7.53. The van der Waals surface area contributed by atoms with Crippen molar-refractivity contribution in [3.05, 3.63) is 29.8 Å². The summed E-state index contributed by atoms with van der Waals surface area (Å²) < 4.78 is 0. The summed E-state index contributed by atoms with van der Waals surface area (Å²) in [6, 6.07) is 8.42. The summed E-state index contributed by atoms with van der Waals surface area (Å²) in [4.78, 5) is 2.08. The van der Waals surface area contributed by atoms with Gasteiger partial charge in [0.15, 0.2) is 0 Å². The van der Waals surface area contributed by atoms with Gasteiger partial charge in [0.1, 0.15) is 0 Å². The van der Waals surface area contributed by atoms with Gasteiger partial charge < -0.3 is 15.3 Å². The van der Waals surface area contributed by atoms with Crippen molar-refractivity contribution in [2.45, 2.75) is 18.9 Å². The van der Waals surface area contributed by atoms with Gasteiger partial charge in [-0.25, -0.2) is 0 Å². The van der Waals surface area contributed by atoms with Crippen LogP contribution in [-0.2, 0) is 5.54 Å². The monoisotopic (exact) mass is 222 g/mol. The Morgan fingerprint density at radius 3 is 2.19 bits per heavy atom. The molecule has 2 N–H and O–H groups in total. The summed E-state index contributed by atoms with van der Waals surface area (Å²) in [6.07, 6.45) is 0.713. The zero-order valence-corrected chi connectivity index (χ0v) is 10.6. The summed E-state index contributed by atoms with van der Waals surface area (Å²) in [5.74, 6) is 0. The van der Waals surface area contributed by atoms with Gasteiger partial charge in [-0.15, -0.1) is 0 Å². The highest BCUT2D eigenvalue weighted by Crippen LogP contribution is 2.25. The molecule has 3 heteroatoms. The van der Waals surface area contributed by atoms with Crippen molar-refractivity contribution in [2.75, 3.05) is 32.6 Å². The Kier molecular flexibility index (Phi) is 4.33. The number of hydrogen-bond donors (Lipinski definition) is 2. The molecule has 16 heavy (non-hydrogen) atoms. The summed E-state index contributed by atoms with van der Waals surface area (Å²) >= 11 is 0. The minimum Gasteiger partial charge on any atom is -0.396 e. The number of benzene rings is 1. The second-order valence-electron chi connectivity index (χ2n) is 4.50. The van der Waals surface area contributed by atoms with Crippen LogP contribution in [0.15, 0.2) is 24.3 Å². The number of nitrogens with one attached hydrogen (secondary N) is 1. The molecule has 0 radical (unpaired) electrons. The molecule has 0 aliphatic carbocycles. The second-order valence-corrected chi connectivity index (χ2v) is 4.50. The van der Waals surface area contributed by atoms with E-state index in [0.29, 0.717) is 6.42 Å². The number of aliphatic hydroxyl groups excluding tert-OH is 1. The van der Waals surface area contributed by atoms with Crippen molar-refractivity contribution in [3.8, 4) is 0 Å². The molecule has 0 aromatic heterocycles. The summed E-state index contributed by atoms with van der Waals surface area (Å²) in [6.45, 7) is 2.29. The van der Waals surface area contributed by atoms with Crippen LogP contribution in [0.2, 0.25) is 0 Å². The Bertz CT molecular complexity index is 321. The zero-order chi connectivity index (χ0) is 12.2. The Hall–Kier alpha value is -1.06. The molecule has 1 aromatic carbocycles. The molecule has 90 valence electrons. The second kappa shape index (κ2) is 5.32. The SMILES string of the molecule is CNC(C)(CCO)c1ccc(N(C)C)cc1. The Morgan fingerprint density at radius 2 is 1.81 bits per heavy atom. The molecule has 3 nitrogen and oxygen atoms in total. The minimum absolute atomic E-state index is 0.153. The number of anilines is 1. The van der Waals surface area contributed by atoms with Gasteiger partial charge in [0.25, 0.3) is 0 Å². The number of rotatable bonds is 5. The molecule has 0 fully saturated rings. The predicted octanol–water partition coefficient (Wildman–Crippen LogP) is 1.57. The smallest absolute Gasteiger partial charge is 0.0451 e. The third-order valence-corrected chi connectivity index (χ3v) is 3.18. The Labute approximate surface area is 98.1 Å². The van der Waals surface area contributed by atoms with E-state index in [1.807, 2.05) is 21.1 Å². The Morgan fingerprint density at radius 1 is 1.25 bits per heavy atom. The molecule has 1 unspecified atom stereocenters. The van der Waals surface area contributed by atoms with Crippen LogP contribution in [0.4, 0.5) is 5.69 Å². The molecular formula is C13H22N2O. The van der Waals surface area contributed by atoms with Gasteiger partial charge in [0.2, 0.25) is 0 Å². The molecule has 1 rings (SSSR count). The van der Waals surface area contributed by atoms with Crippen molar-refractivity contribution in [1.82, 2.24) is 5.32 Å². The molecule has 0 spiro atoms. The van der Waals surface area contributed by atoms with Gasteiger partial charge in [-0.1, -0.05) is 12.1 Å². The lowest BCUT2D eigenvalue weighted by Crippen LogP contribution is -2.37. The highest BCUT2D eigenvalue weighted by Gasteiger charge is 2.23. The molecule has 0 saturated heterocycles. The summed E-state index contributed by atoms with van der Waals surface area (Å²) in [7, 11) is 5.98. The predicted molar refractivity (Wildman–Crippen MR) is 68.9 cm³/mol. The molecule has 1 aromatic rings. The third-order valence-electron chi connectivity index (χ3n) is 3.18. The largest absolute Gasteiger partial charge is 0.396 e. The zero-order valence-electron chi connectivity index (χ0n) is 10.6. The van der Waals surface area contributed by atoms with Crippen molar-refractivity contribution in [2.24, 2.45) is 0 Å². The normalized spacial score (nSPS) is 14.6. The topological polar surface area (TPSA) is 35.5 Å². The van der Waals surface area contributed by atoms with E-state index < -0.39 is 0 Å². The van der Waals surface area contributed by atoms with Gasteiger partial charge in [-0.05, 0) is 38.1 Å². The third kappa shape index (κ3) is 2.74. The van der Waals surface area contributed by atoms with Crippen LogP contribution in [0.25, 0.3) is 0 Å². The van der Waals surface area contributed by atoms with E-state index in [2.05, 4.69) is 41.4 Å². The molecule has 0 saturated carbocycles. The van der Waals surface area contributed by atoms with E-state index in [-0.39, 0.29) is 12.1 Å². The van der Waals surface area contributed by atoms with Gasteiger partial charge in [0, 0.05) is 31.9 Å². The van der Waals surface area contributed by atoms with E-state index in [9.17, 15) is 0 Å². The van der Waals surface area contributed by atoms with Crippen LogP contribution in [-0.4, -0.2) is 32.9 Å². The summed E-state index contributed by atoms with van der Waals surface area (Å²) in [5, 5.41) is 12.4. The van der Waals surface area contributed by atoms with Crippen LogP contribution in [0, 0.1) is 0 Å². The number of nitrogens with zero attached hydrogens (tertiary/aromatic N) is 1. The molecule has 0 aliphatic rings. The molecular weight excluding hydrogens is 200 g/mol. The number of hydrogen-bond acceptors (Lipinski definition) is 3. The van der Waals surface area contributed by atoms with Gasteiger partial charge in [-0.2, -0.15) is 0 Å². The molecule has 1 atom stereocenters. The van der Waals surface area contributed by atoms with Crippen LogP contribution in [0.1, 0.15) is 18.9 Å². The lowest BCUT2D eigenvalue weighted by molar-refractivity contribution is 0.228. The first kappa shape index (κ1) is 13.0. The van der Waals surface area contributed by atoms with E-state index in [0.717, 1.165) is 0 Å². The van der Waals surface area contributed by atoms with Crippen molar-refractivity contribution >= 4 is 5.69 Å².